The smallest absolute Gasteiger partial charge is 0.416 e. The molecule has 0 aliphatic carbocycles. The molecule has 0 saturated carbocycles. The summed E-state index contributed by atoms with van der Waals surface area (Å²) < 4.78 is 48.0. The van der Waals surface area contributed by atoms with E-state index in [1.807, 2.05) is 12.1 Å². The Morgan fingerprint density at radius 2 is 1.52 bits per heavy atom. The summed E-state index contributed by atoms with van der Waals surface area (Å²) in [6.07, 6.45) is -4.32. The van der Waals surface area contributed by atoms with E-state index >= 15 is 0 Å². The van der Waals surface area contributed by atoms with Crippen molar-refractivity contribution >= 4 is 0 Å². The van der Waals surface area contributed by atoms with E-state index in [0.717, 1.165) is 23.3 Å². The van der Waals surface area contributed by atoms with Crippen molar-refractivity contribution in [1.82, 2.24) is 0 Å². The number of alkyl halides is 3. The summed E-state index contributed by atoms with van der Waals surface area (Å²) in [5, 5.41) is 0. The van der Waals surface area contributed by atoms with Crippen LogP contribution in [0.1, 0.15) is 11.1 Å². The third kappa shape index (κ3) is 3.55. The number of hydrogen-bond donors (Lipinski definition) is 0. The first kappa shape index (κ1) is 15.4. The van der Waals surface area contributed by atoms with Gasteiger partial charge in [0.2, 0.25) is 0 Å². The number of halogens is 3. The molecule has 0 spiro atoms. The van der Waals surface area contributed by atoms with Crippen LogP contribution >= 0.6 is 0 Å². The van der Waals surface area contributed by atoms with E-state index in [1.165, 1.54) is 12.1 Å². The minimum Gasteiger partial charge on any atom is -0.496 e. The fourth-order valence-electron chi connectivity index (χ4n) is 2.05. The summed E-state index contributed by atoms with van der Waals surface area (Å²) in [6.45, 7) is 0.413. The van der Waals surface area contributed by atoms with Gasteiger partial charge in [-0.25, -0.2) is 0 Å². The van der Waals surface area contributed by atoms with Crippen molar-refractivity contribution in [3.05, 3.63) is 53.6 Å². The SMILES string of the molecule is COCc1ccc(-c2ccc(C(F)(F)F)cc2)cc1OC. The lowest BCUT2D eigenvalue weighted by atomic mass is 10.0. The van der Waals surface area contributed by atoms with Crippen molar-refractivity contribution in [3.63, 3.8) is 0 Å². The fraction of sp³-hybridized carbons (Fsp3) is 0.250. The van der Waals surface area contributed by atoms with Crippen molar-refractivity contribution < 1.29 is 22.6 Å². The molecular formula is C16H15F3O2. The molecule has 112 valence electrons. The van der Waals surface area contributed by atoms with Crippen LogP contribution in [0.4, 0.5) is 13.2 Å². The fourth-order valence-corrected chi connectivity index (χ4v) is 2.05. The second kappa shape index (κ2) is 6.18. The van der Waals surface area contributed by atoms with Crippen molar-refractivity contribution in [1.29, 1.82) is 0 Å². The molecule has 2 nitrogen and oxygen atoms in total. The molecule has 0 unspecified atom stereocenters. The lowest BCUT2D eigenvalue weighted by Gasteiger charge is -2.11. The number of benzene rings is 2. The average molecular weight is 296 g/mol. The average Bonchev–Trinajstić information content (AvgIpc) is 2.47. The van der Waals surface area contributed by atoms with Gasteiger partial charge in [-0.15, -0.1) is 0 Å². The van der Waals surface area contributed by atoms with Gasteiger partial charge in [0.1, 0.15) is 5.75 Å². The zero-order valence-electron chi connectivity index (χ0n) is 11.7. The first-order chi connectivity index (χ1) is 9.95. The van der Waals surface area contributed by atoms with E-state index in [1.54, 1.807) is 20.3 Å². The monoisotopic (exact) mass is 296 g/mol. The maximum Gasteiger partial charge on any atom is 0.416 e. The van der Waals surface area contributed by atoms with Gasteiger partial charge in [0.05, 0.1) is 19.3 Å². The Hall–Kier alpha value is -2.01. The first-order valence-electron chi connectivity index (χ1n) is 6.29. The predicted octanol–water partition coefficient (Wildman–Crippen LogP) is 4.53. The molecule has 0 aliphatic rings. The highest BCUT2D eigenvalue weighted by molar-refractivity contribution is 5.66. The molecule has 0 fully saturated rings. The zero-order valence-corrected chi connectivity index (χ0v) is 11.7. The van der Waals surface area contributed by atoms with Crippen LogP contribution in [0.3, 0.4) is 0 Å². The topological polar surface area (TPSA) is 18.5 Å². The molecule has 0 heterocycles. The molecular weight excluding hydrogens is 281 g/mol. The Balaban J connectivity index is 2.34. The van der Waals surface area contributed by atoms with E-state index in [-0.39, 0.29) is 0 Å². The molecule has 0 radical (unpaired) electrons. The Bertz CT molecular complexity index is 604. The Morgan fingerprint density at radius 3 is 2.05 bits per heavy atom. The van der Waals surface area contributed by atoms with Gasteiger partial charge < -0.3 is 9.47 Å². The zero-order chi connectivity index (χ0) is 15.5. The van der Waals surface area contributed by atoms with Crippen LogP contribution in [-0.4, -0.2) is 14.2 Å². The Morgan fingerprint density at radius 1 is 0.905 bits per heavy atom. The highest BCUT2D eigenvalue weighted by Crippen LogP contribution is 2.32. The minimum atomic E-state index is -4.32. The van der Waals surface area contributed by atoms with Crippen LogP contribution in [-0.2, 0) is 17.5 Å². The van der Waals surface area contributed by atoms with Crippen LogP contribution in [0.15, 0.2) is 42.5 Å². The molecule has 0 aromatic heterocycles. The number of methoxy groups -OCH3 is 2. The van der Waals surface area contributed by atoms with Gasteiger partial charge in [-0.3, -0.25) is 0 Å². The van der Waals surface area contributed by atoms with Crippen LogP contribution in [0, 0.1) is 0 Å². The number of rotatable bonds is 4. The van der Waals surface area contributed by atoms with Crippen LogP contribution < -0.4 is 4.74 Å². The normalized spacial score (nSPS) is 11.5. The molecule has 2 aromatic rings. The maximum atomic E-state index is 12.5. The molecule has 21 heavy (non-hydrogen) atoms. The van der Waals surface area contributed by atoms with E-state index in [9.17, 15) is 13.2 Å². The number of ether oxygens (including phenoxy) is 2. The van der Waals surface area contributed by atoms with Crippen LogP contribution in [0.5, 0.6) is 5.75 Å². The molecule has 0 aliphatic heterocycles. The van der Waals surface area contributed by atoms with E-state index < -0.39 is 11.7 Å². The second-order valence-corrected chi connectivity index (χ2v) is 4.53. The maximum absolute atomic E-state index is 12.5. The van der Waals surface area contributed by atoms with Crippen LogP contribution in [0.2, 0.25) is 0 Å². The molecule has 0 saturated heterocycles. The summed E-state index contributed by atoms with van der Waals surface area (Å²) in [4.78, 5) is 0. The van der Waals surface area contributed by atoms with Crippen molar-refractivity contribution in [2.45, 2.75) is 12.8 Å². The molecule has 0 atom stereocenters. The summed E-state index contributed by atoms with van der Waals surface area (Å²) in [5.74, 6) is 0.647. The highest BCUT2D eigenvalue weighted by Gasteiger charge is 2.29. The first-order valence-corrected chi connectivity index (χ1v) is 6.29. The molecule has 2 aromatic carbocycles. The summed E-state index contributed by atoms with van der Waals surface area (Å²) in [6, 6.07) is 10.5. The van der Waals surface area contributed by atoms with E-state index in [0.29, 0.717) is 17.9 Å². The quantitative estimate of drug-likeness (QED) is 0.825. The van der Waals surface area contributed by atoms with Gasteiger partial charge >= 0.3 is 6.18 Å². The Labute approximate surface area is 121 Å². The largest absolute Gasteiger partial charge is 0.496 e. The van der Waals surface area contributed by atoms with Crippen molar-refractivity contribution in [3.8, 4) is 16.9 Å². The molecule has 0 bridgehead atoms. The summed E-state index contributed by atoms with van der Waals surface area (Å²) in [5.41, 5.74) is 1.72. The van der Waals surface area contributed by atoms with Crippen molar-refractivity contribution in [2.24, 2.45) is 0 Å². The molecule has 5 heteroatoms. The minimum absolute atomic E-state index is 0.413. The van der Waals surface area contributed by atoms with Crippen LogP contribution in [0.25, 0.3) is 11.1 Å². The van der Waals surface area contributed by atoms with Gasteiger partial charge in [-0.2, -0.15) is 13.2 Å². The molecule has 0 amide bonds. The Kier molecular flexibility index (Phi) is 4.53. The van der Waals surface area contributed by atoms with Crippen molar-refractivity contribution in [2.75, 3.05) is 14.2 Å². The predicted molar refractivity (Wildman–Crippen MR) is 74.1 cm³/mol. The lowest BCUT2D eigenvalue weighted by Crippen LogP contribution is -2.04. The van der Waals surface area contributed by atoms with Gasteiger partial charge in [0, 0.05) is 12.7 Å². The number of hydrogen-bond acceptors (Lipinski definition) is 2. The van der Waals surface area contributed by atoms with Gasteiger partial charge in [-0.05, 0) is 29.3 Å². The van der Waals surface area contributed by atoms with E-state index in [4.69, 9.17) is 9.47 Å². The van der Waals surface area contributed by atoms with Gasteiger partial charge in [-0.1, -0.05) is 24.3 Å². The van der Waals surface area contributed by atoms with Gasteiger partial charge in [0.15, 0.2) is 0 Å². The third-order valence-electron chi connectivity index (χ3n) is 3.13. The molecule has 0 N–H and O–H groups in total. The van der Waals surface area contributed by atoms with E-state index in [2.05, 4.69) is 0 Å². The molecule has 2 rings (SSSR count). The lowest BCUT2D eigenvalue weighted by molar-refractivity contribution is -0.137. The standard InChI is InChI=1S/C16H15F3O2/c1-20-10-13-4-3-12(9-15(13)21-2)11-5-7-14(8-6-11)16(17,18)19/h3-9H,10H2,1-2H3. The third-order valence-corrected chi connectivity index (χ3v) is 3.13. The highest BCUT2D eigenvalue weighted by atomic mass is 19.4. The summed E-state index contributed by atoms with van der Waals surface area (Å²) in [7, 11) is 3.13. The van der Waals surface area contributed by atoms with Gasteiger partial charge in [0.25, 0.3) is 0 Å². The summed E-state index contributed by atoms with van der Waals surface area (Å²) >= 11 is 0. The second-order valence-electron chi connectivity index (χ2n) is 4.53.